The maximum atomic E-state index is 13.7. The number of Topliss-reactive ketones (excluding diaryl/α,β-unsaturated/α-hetero) is 2. The number of ketones is 2. The van der Waals surface area contributed by atoms with Crippen molar-refractivity contribution < 1.29 is 19.1 Å². The first-order chi connectivity index (χ1) is 16.1. The Morgan fingerprint density at radius 2 is 1.18 bits per heavy atom. The van der Waals surface area contributed by atoms with E-state index in [2.05, 4.69) is 0 Å². The van der Waals surface area contributed by atoms with Gasteiger partial charge in [-0.3, -0.25) is 14.4 Å². The van der Waals surface area contributed by atoms with Crippen LogP contribution in [0.4, 0.5) is 0 Å². The molecule has 0 aromatic heterocycles. The van der Waals surface area contributed by atoms with Crippen molar-refractivity contribution in [3.63, 3.8) is 0 Å². The van der Waals surface area contributed by atoms with Crippen molar-refractivity contribution in [2.24, 2.45) is 5.92 Å². The molecule has 0 bridgehead atoms. The highest BCUT2D eigenvalue weighted by Crippen LogP contribution is 2.34. The molecule has 4 nitrogen and oxygen atoms in total. The highest BCUT2D eigenvalue weighted by molar-refractivity contribution is 6.18. The molecule has 164 valence electrons. The van der Waals surface area contributed by atoms with Gasteiger partial charge in [0.1, 0.15) is 5.92 Å². The number of carbonyl (C=O) groups is 3. The van der Waals surface area contributed by atoms with Crippen molar-refractivity contribution >= 4 is 28.3 Å². The van der Waals surface area contributed by atoms with Crippen LogP contribution < -0.4 is 0 Å². The van der Waals surface area contributed by atoms with Gasteiger partial charge in [0, 0.05) is 11.1 Å². The summed E-state index contributed by atoms with van der Waals surface area (Å²) < 4.78 is 5.38. The average molecular weight is 437 g/mol. The zero-order valence-corrected chi connectivity index (χ0v) is 18.3. The van der Waals surface area contributed by atoms with E-state index < -0.39 is 29.4 Å². The largest absolute Gasteiger partial charge is 0.465 e. The number of fused-ring (bicyclic) bond motifs is 1. The lowest BCUT2D eigenvalue weighted by atomic mass is 9.76. The third kappa shape index (κ3) is 4.75. The first-order valence-electron chi connectivity index (χ1n) is 10.9. The first kappa shape index (κ1) is 22.2. The lowest BCUT2D eigenvalue weighted by molar-refractivity contribution is -0.145. The molecule has 4 aromatic rings. The maximum Gasteiger partial charge on any atom is 0.314 e. The number of carbonyl (C=O) groups excluding carboxylic acids is 3. The third-order valence-corrected chi connectivity index (χ3v) is 5.69. The third-order valence-electron chi connectivity index (χ3n) is 5.69. The topological polar surface area (TPSA) is 60.4 Å². The van der Waals surface area contributed by atoms with Crippen LogP contribution in [0.15, 0.2) is 103 Å². The Kier molecular flexibility index (Phi) is 6.75. The summed E-state index contributed by atoms with van der Waals surface area (Å²) in [5.41, 5.74) is 1.33. The quantitative estimate of drug-likeness (QED) is 0.197. The Morgan fingerprint density at radius 3 is 1.73 bits per heavy atom. The zero-order valence-electron chi connectivity index (χ0n) is 18.3. The number of esters is 1. The van der Waals surface area contributed by atoms with Gasteiger partial charge in [0.05, 0.1) is 12.5 Å². The van der Waals surface area contributed by atoms with Crippen molar-refractivity contribution in [2.45, 2.75) is 12.8 Å². The normalized spacial score (nSPS) is 11.8. The number of hydrogen-bond donors (Lipinski definition) is 0. The minimum Gasteiger partial charge on any atom is -0.465 e. The molecule has 4 heteroatoms. The Balaban J connectivity index is 1.89. The molecule has 4 aromatic carbocycles. The lowest BCUT2D eigenvalue weighted by Gasteiger charge is -2.25. The standard InChI is InChI=1S/C29H24O4/c1-2-33-29(32)25(24-18-17-20-11-9-10-16-23(20)19-24)26(27(30)21-12-5-3-6-13-21)28(31)22-14-7-4-8-15-22/h3-19,25-26H,2H2,1H3. The summed E-state index contributed by atoms with van der Waals surface area (Å²) in [6, 6.07) is 30.5. The van der Waals surface area contributed by atoms with Crippen LogP contribution >= 0.6 is 0 Å². The fraction of sp³-hybridized carbons (Fsp3) is 0.138. The van der Waals surface area contributed by atoms with E-state index >= 15 is 0 Å². The molecule has 0 N–H and O–H groups in total. The molecule has 0 amide bonds. The van der Waals surface area contributed by atoms with Gasteiger partial charge >= 0.3 is 5.97 Å². The van der Waals surface area contributed by atoms with Crippen LogP contribution in [0.25, 0.3) is 10.8 Å². The maximum absolute atomic E-state index is 13.7. The Hall–Kier alpha value is -4.05. The van der Waals surface area contributed by atoms with E-state index in [4.69, 9.17) is 4.74 Å². The summed E-state index contributed by atoms with van der Waals surface area (Å²) in [6.07, 6.45) is 0. The predicted octanol–water partition coefficient (Wildman–Crippen LogP) is 5.87. The second-order valence-electron chi connectivity index (χ2n) is 7.77. The first-order valence-corrected chi connectivity index (χ1v) is 10.9. The molecule has 0 aliphatic carbocycles. The molecule has 4 rings (SSSR count). The van der Waals surface area contributed by atoms with E-state index in [0.29, 0.717) is 16.7 Å². The highest BCUT2D eigenvalue weighted by atomic mass is 16.5. The van der Waals surface area contributed by atoms with Gasteiger partial charge in [0.2, 0.25) is 0 Å². The smallest absolute Gasteiger partial charge is 0.314 e. The van der Waals surface area contributed by atoms with Gasteiger partial charge in [-0.2, -0.15) is 0 Å². The summed E-state index contributed by atoms with van der Waals surface area (Å²) in [6.45, 7) is 1.86. The zero-order chi connectivity index (χ0) is 23.2. The lowest BCUT2D eigenvalue weighted by Crippen LogP contribution is -2.35. The summed E-state index contributed by atoms with van der Waals surface area (Å²) >= 11 is 0. The number of benzene rings is 4. The van der Waals surface area contributed by atoms with Crippen molar-refractivity contribution in [3.8, 4) is 0 Å². The van der Waals surface area contributed by atoms with Gasteiger partial charge < -0.3 is 4.74 Å². The van der Waals surface area contributed by atoms with Crippen LogP contribution in [-0.2, 0) is 9.53 Å². The second kappa shape index (κ2) is 10.0. The van der Waals surface area contributed by atoms with E-state index in [9.17, 15) is 14.4 Å². The molecule has 0 spiro atoms. The molecular formula is C29H24O4. The van der Waals surface area contributed by atoms with Crippen molar-refractivity contribution in [1.82, 2.24) is 0 Å². The Labute approximate surface area is 192 Å². The van der Waals surface area contributed by atoms with Crippen LogP contribution in [0.2, 0.25) is 0 Å². The van der Waals surface area contributed by atoms with Gasteiger partial charge in [-0.1, -0.05) is 103 Å². The van der Waals surface area contributed by atoms with Crippen LogP contribution in [0.1, 0.15) is 39.1 Å². The van der Waals surface area contributed by atoms with Crippen LogP contribution in [0.5, 0.6) is 0 Å². The van der Waals surface area contributed by atoms with Gasteiger partial charge in [0.15, 0.2) is 11.6 Å². The van der Waals surface area contributed by atoms with E-state index in [-0.39, 0.29) is 6.61 Å². The number of ether oxygens (including phenoxy) is 1. The predicted molar refractivity (Wildman–Crippen MR) is 128 cm³/mol. The second-order valence-corrected chi connectivity index (χ2v) is 7.77. The summed E-state index contributed by atoms with van der Waals surface area (Å²) in [4.78, 5) is 40.7. The van der Waals surface area contributed by atoms with Gasteiger partial charge in [-0.15, -0.1) is 0 Å². The minimum absolute atomic E-state index is 0.148. The Bertz CT molecular complexity index is 1230. The van der Waals surface area contributed by atoms with Gasteiger partial charge in [-0.05, 0) is 23.3 Å². The van der Waals surface area contributed by atoms with E-state index in [0.717, 1.165) is 10.8 Å². The summed E-state index contributed by atoms with van der Waals surface area (Å²) in [5, 5.41) is 1.92. The van der Waals surface area contributed by atoms with Crippen LogP contribution in [0, 0.1) is 5.92 Å². The monoisotopic (exact) mass is 436 g/mol. The molecule has 0 aliphatic rings. The number of hydrogen-bond acceptors (Lipinski definition) is 4. The molecule has 0 aliphatic heterocycles. The van der Waals surface area contributed by atoms with Crippen LogP contribution in [0.3, 0.4) is 0 Å². The van der Waals surface area contributed by atoms with Gasteiger partial charge in [0.25, 0.3) is 0 Å². The van der Waals surface area contributed by atoms with Gasteiger partial charge in [-0.25, -0.2) is 0 Å². The SMILES string of the molecule is CCOC(=O)C(c1ccc2ccccc2c1)C(C(=O)c1ccccc1)C(=O)c1ccccc1. The fourth-order valence-electron chi connectivity index (χ4n) is 4.08. The number of rotatable bonds is 8. The molecule has 1 unspecified atom stereocenters. The Morgan fingerprint density at radius 1 is 0.667 bits per heavy atom. The van der Waals surface area contributed by atoms with Crippen molar-refractivity contribution in [1.29, 1.82) is 0 Å². The van der Waals surface area contributed by atoms with Crippen molar-refractivity contribution in [2.75, 3.05) is 6.61 Å². The van der Waals surface area contributed by atoms with E-state index in [1.807, 2.05) is 36.4 Å². The summed E-state index contributed by atoms with van der Waals surface area (Å²) in [7, 11) is 0. The molecule has 0 saturated carbocycles. The fourth-order valence-corrected chi connectivity index (χ4v) is 4.08. The average Bonchev–Trinajstić information content (AvgIpc) is 2.87. The molecule has 0 heterocycles. The molecule has 33 heavy (non-hydrogen) atoms. The van der Waals surface area contributed by atoms with E-state index in [1.54, 1.807) is 73.7 Å². The molecule has 1 atom stereocenters. The molecule has 0 fully saturated rings. The molecular weight excluding hydrogens is 412 g/mol. The molecule has 0 radical (unpaired) electrons. The van der Waals surface area contributed by atoms with E-state index in [1.165, 1.54) is 0 Å². The summed E-state index contributed by atoms with van der Waals surface area (Å²) in [5.74, 6) is -3.73. The minimum atomic E-state index is -1.25. The van der Waals surface area contributed by atoms with Crippen molar-refractivity contribution in [3.05, 3.63) is 120 Å². The molecule has 0 saturated heterocycles. The highest BCUT2D eigenvalue weighted by Gasteiger charge is 2.41. The van der Waals surface area contributed by atoms with Crippen LogP contribution in [-0.4, -0.2) is 24.1 Å².